The molecule has 0 aliphatic carbocycles. The first kappa shape index (κ1) is 12.4. The van der Waals surface area contributed by atoms with Gasteiger partial charge in [-0.1, -0.05) is 19.1 Å². The number of aliphatic hydroxyl groups excluding tert-OH is 1. The Morgan fingerprint density at radius 3 is 2.35 bits per heavy atom. The fraction of sp³-hybridized carbons (Fsp3) is 0.571. The summed E-state index contributed by atoms with van der Waals surface area (Å²) in [5.74, 6) is 0. The average molecular weight is 235 g/mol. The van der Waals surface area contributed by atoms with E-state index >= 15 is 0 Å². The van der Waals surface area contributed by atoms with Crippen LogP contribution < -0.4 is 4.90 Å². The largest absolute Gasteiger partial charge is 0.396 e. The van der Waals surface area contributed by atoms with Crippen LogP contribution in [0.4, 0.5) is 5.69 Å². The van der Waals surface area contributed by atoms with E-state index in [2.05, 4.69) is 43.1 Å². The van der Waals surface area contributed by atoms with Gasteiger partial charge in [-0.25, -0.2) is 0 Å². The Morgan fingerprint density at radius 1 is 1.29 bits per heavy atom. The first-order chi connectivity index (χ1) is 8.19. The molecule has 17 heavy (non-hydrogen) atoms. The Kier molecular flexibility index (Phi) is 3.69. The third-order valence-electron chi connectivity index (χ3n) is 3.51. The van der Waals surface area contributed by atoms with Gasteiger partial charge in [-0.05, 0) is 24.1 Å². The van der Waals surface area contributed by atoms with Crippen LogP contribution in [-0.4, -0.2) is 38.5 Å². The van der Waals surface area contributed by atoms with Gasteiger partial charge in [0.15, 0.2) is 0 Å². The molecule has 0 aromatic heterocycles. The smallest absolute Gasteiger partial charge is 0.0584 e. The van der Waals surface area contributed by atoms with Crippen molar-refractivity contribution in [3.05, 3.63) is 29.8 Å². The fourth-order valence-electron chi connectivity index (χ4n) is 2.20. The highest BCUT2D eigenvalue weighted by atomic mass is 16.5. The summed E-state index contributed by atoms with van der Waals surface area (Å²) in [5.41, 5.74) is 2.49. The Balaban J connectivity index is 2.01. The van der Waals surface area contributed by atoms with Crippen LogP contribution >= 0.6 is 0 Å². The first-order valence-electron chi connectivity index (χ1n) is 6.18. The summed E-state index contributed by atoms with van der Waals surface area (Å²) in [6.07, 6.45) is 1.07. The van der Waals surface area contributed by atoms with Crippen molar-refractivity contribution in [1.29, 1.82) is 0 Å². The molecule has 0 bridgehead atoms. The topological polar surface area (TPSA) is 32.7 Å². The van der Waals surface area contributed by atoms with E-state index in [-0.39, 0.29) is 12.0 Å². The van der Waals surface area contributed by atoms with Gasteiger partial charge in [0.1, 0.15) is 0 Å². The first-order valence-corrected chi connectivity index (χ1v) is 6.18. The minimum absolute atomic E-state index is 0.0574. The van der Waals surface area contributed by atoms with Crippen molar-refractivity contribution in [3.8, 4) is 0 Å². The van der Waals surface area contributed by atoms with Gasteiger partial charge in [0, 0.05) is 19.3 Å². The molecule has 2 rings (SSSR count). The van der Waals surface area contributed by atoms with Gasteiger partial charge >= 0.3 is 0 Å². The number of ether oxygens (including phenoxy) is 1. The number of rotatable bonds is 5. The van der Waals surface area contributed by atoms with E-state index < -0.39 is 0 Å². The minimum Gasteiger partial charge on any atom is -0.396 e. The summed E-state index contributed by atoms with van der Waals surface area (Å²) in [6.45, 7) is 4.53. The molecule has 0 unspecified atom stereocenters. The van der Waals surface area contributed by atoms with Crippen LogP contribution in [0, 0.1) is 5.41 Å². The standard InChI is InChI=1S/C14H21NO2/c1-3-12-4-6-13(7-5-12)15(2)8-14(9-16)10-17-11-14/h4-7,16H,3,8-11H2,1-2H3. The number of hydrogen-bond donors (Lipinski definition) is 1. The Hall–Kier alpha value is -1.06. The van der Waals surface area contributed by atoms with Gasteiger partial charge in [-0.2, -0.15) is 0 Å². The van der Waals surface area contributed by atoms with Crippen LogP contribution in [0.2, 0.25) is 0 Å². The minimum atomic E-state index is -0.0574. The molecule has 1 aromatic carbocycles. The third-order valence-corrected chi connectivity index (χ3v) is 3.51. The molecule has 1 heterocycles. The average Bonchev–Trinajstić information content (AvgIpc) is 2.33. The van der Waals surface area contributed by atoms with Gasteiger partial charge in [0.05, 0.1) is 25.2 Å². The maximum absolute atomic E-state index is 9.41. The molecule has 1 aliphatic heterocycles. The van der Waals surface area contributed by atoms with E-state index in [4.69, 9.17) is 4.74 Å². The van der Waals surface area contributed by atoms with Gasteiger partial charge in [-0.3, -0.25) is 0 Å². The normalized spacial score (nSPS) is 17.6. The van der Waals surface area contributed by atoms with Gasteiger partial charge in [0.2, 0.25) is 0 Å². The van der Waals surface area contributed by atoms with Crippen molar-refractivity contribution < 1.29 is 9.84 Å². The van der Waals surface area contributed by atoms with Crippen molar-refractivity contribution in [2.45, 2.75) is 13.3 Å². The number of benzene rings is 1. The lowest BCUT2D eigenvalue weighted by molar-refractivity contribution is -0.130. The Labute approximate surface area is 103 Å². The summed E-state index contributed by atoms with van der Waals surface area (Å²) in [6, 6.07) is 8.61. The number of nitrogens with zero attached hydrogens (tertiary/aromatic N) is 1. The predicted molar refractivity (Wildman–Crippen MR) is 69.4 cm³/mol. The second-order valence-electron chi connectivity index (χ2n) is 5.03. The highest BCUT2D eigenvalue weighted by Gasteiger charge is 2.39. The van der Waals surface area contributed by atoms with Crippen molar-refractivity contribution in [1.82, 2.24) is 0 Å². The van der Waals surface area contributed by atoms with Crippen molar-refractivity contribution in [3.63, 3.8) is 0 Å². The molecule has 1 aromatic rings. The van der Waals surface area contributed by atoms with Crippen LogP contribution in [-0.2, 0) is 11.2 Å². The lowest BCUT2D eigenvalue weighted by Gasteiger charge is -2.42. The molecule has 0 atom stereocenters. The molecule has 94 valence electrons. The van der Waals surface area contributed by atoms with Gasteiger partial charge < -0.3 is 14.7 Å². The summed E-state index contributed by atoms with van der Waals surface area (Å²) in [4.78, 5) is 2.19. The van der Waals surface area contributed by atoms with E-state index in [9.17, 15) is 5.11 Å². The molecule has 1 aliphatic rings. The van der Waals surface area contributed by atoms with Crippen LogP contribution in [0.5, 0.6) is 0 Å². The zero-order valence-corrected chi connectivity index (χ0v) is 10.6. The van der Waals surface area contributed by atoms with Crippen LogP contribution in [0.3, 0.4) is 0 Å². The quantitative estimate of drug-likeness (QED) is 0.843. The Morgan fingerprint density at radius 2 is 1.94 bits per heavy atom. The summed E-state index contributed by atoms with van der Waals surface area (Å²) < 4.78 is 5.22. The summed E-state index contributed by atoms with van der Waals surface area (Å²) >= 11 is 0. The molecule has 0 saturated carbocycles. The molecule has 0 radical (unpaired) electrons. The monoisotopic (exact) mass is 235 g/mol. The van der Waals surface area contributed by atoms with E-state index in [0.29, 0.717) is 13.2 Å². The predicted octanol–water partition coefficient (Wildman–Crippen LogP) is 1.69. The maximum atomic E-state index is 9.41. The van der Waals surface area contributed by atoms with E-state index in [1.54, 1.807) is 0 Å². The van der Waals surface area contributed by atoms with Gasteiger partial charge in [-0.15, -0.1) is 0 Å². The highest BCUT2D eigenvalue weighted by Crippen LogP contribution is 2.29. The fourth-order valence-corrected chi connectivity index (χ4v) is 2.20. The molecule has 3 nitrogen and oxygen atoms in total. The van der Waals surface area contributed by atoms with Crippen molar-refractivity contribution >= 4 is 5.69 Å². The zero-order chi connectivity index (χ0) is 12.3. The molecule has 1 saturated heterocycles. The number of hydrogen-bond acceptors (Lipinski definition) is 3. The second-order valence-corrected chi connectivity index (χ2v) is 5.03. The molecular formula is C14H21NO2. The molecule has 3 heteroatoms. The number of aryl methyl sites for hydroxylation is 1. The van der Waals surface area contributed by atoms with E-state index in [1.165, 1.54) is 11.3 Å². The SMILES string of the molecule is CCc1ccc(N(C)CC2(CO)COC2)cc1. The molecule has 1 N–H and O–H groups in total. The summed E-state index contributed by atoms with van der Waals surface area (Å²) in [5, 5.41) is 9.41. The zero-order valence-electron chi connectivity index (χ0n) is 10.6. The lowest BCUT2D eigenvalue weighted by atomic mass is 9.86. The number of anilines is 1. The number of aliphatic hydroxyl groups is 1. The van der Waals surface area contributed by atoms with Crippen LogP contribution in [0.1, 0.15) is 12.5 Å². The molecule has 0 amide bonds. The Bertz CT molecular complexity index is 351. The van der Waals surface area contributed by atoms with E-state index in [1.807, 2.05) is 0 Å². The van der Waals surface area contributed by atoms with E-state index in [0.717, 1.165) is 13.0 Å². The van der Waals surface area contributed by atoms with Gasteiger partial charge in [0.25, 0.3) is 0 Å². The van der Waals surface area contributed by atoms with Crippen molar-refractivity contribution in [2.75, 3.05) is 38.3 Å². The second kappa shape index (κ2) is 5.07. The molecule has 1 fully saturated rings. The lowest BCUT2D eigenvalue weighted by Crippen LogP contribution is -2.52. The van der Waals surface area contributed by atoms with Crippen molar-refractivity contribution in [2.24, 2.45) is 5.41 Å². The maximum Gasteiger partial charge on any atom is 0.0584 e. The highest BCUT2D eigenvalue weighted by molar-refractivity contribution is 5.47. The van der Waals surface area contributed by atoms with Crippen LogP contribution in [0.25, 0.3) is 0 Å². The third kappa shape index (κ3) is 2.61. The summed E-state index contributed by atoms with van der Waals surface area (Å²) in [7, 11) is 2.07. The molecule has 0 spiro atoms. The van der Waals surface area contributed by atoms with Crippen LogP contribution in [0.15, 0.2) is 24.3 Å². The molecular weight excluding hydrogens is 214 g/mol.